The highest BCUT2D eigenvalue weighted by molar-refractivity contribution is 7.18. The number of aromatic nitrogens is 1. The van der Waals surface area contributed by atoms with E-state index in [2.05, 4.69) is 18.8 Å². The van der Waals surface area contributed by atoms with Crippen molar-refractivity contribution in [1.82, 2.24) is 4.98 Å². The minimum atomic E-state index is -1.36. The van der Waals surface area contributed by atoms with Crippen LogP contribution in [0.1, 0.15) is 31.7 Å². The van der Waals surface area contributed by atoms with Gasteiger partial charge in [-0.3, -0.25) is 5.73 Å². The quantitative estimate of drug-likeness (QED) is 0.826. The lowest BCUT2D eigenvalue weighted by atomic mass is 10.0. The summed E-state index contributed by atoms with van der Waals surface area (Å²) in [6.07, 6.45) is 1.37. The van der Waals surface area contributed by atoms with Crippen LogP contribution >= 0.6 is 11.3 Å². The standard InChI is InChI=1S/C14H20N2O2S/c1-9(2)7-8-14(15,17)13-16-12-10(18-3)5-4-6-11(12)19-13/h4-6,9,17H,7-8,15H2,1-3H3. The van der Waals surface area contributed by atoms with E-state index < -0.39 is 5.72 Å². The molecule has 0 spiro atoms. The molecule has 0 saturated heterocycles. The molecule has 2 rings (SSSR count). The summed E-state index contributed by atoms with van der Waals surface area (Å²) in [6.45, 7) is 4.22. The molecule has 19 heavy (non-hydrogen) atoms. The Labute approximate surface area is 117 Å². The number of aliphatic hydroxyl groups is 1. The number of hydrogen-bond donors (Lipinski definition) is 2. The molecule has 1 atom stereocenters. The number of fused-ring (bicyclic) bond motifs is 1. The first-order chi connectivity index (χ1) is 8.94. The third kappa shape index (κ3) is 3.05. The van der Waals surface area contributed by atoms with Gasteiger partial charge in [-0.05, 0) is 30.9 Å². The summed E-state index contributed by atoms with van der Waals surface area (Å²) < 4.78 is 6.25. The summed E-state index contributed by atoms with van der Waals surface area (Å²) in [5.74, 6) is 1.21. The van der Waals surface area contributed by atoms with Gasteiger partial charge in [0.25, 0.3) is 0 Å². The molecule has 0 radical (unpaired) electrons. The van der Waals surface area contributed by atoms with Crippen LogP contribution in [0, 0.1) is 5.92 Å². The second kappa shape index (κ2) is 5.45. The fraction of sp³-hybridized carbons (Fsp3) is 0.500. The van der Waals surface area contributed by atoms with Crippen molar-refractivity contribution in [2.75, 3.05) is 7.11 Å². The molecule has 1 aromatic carbocycles. The molecule has 0 fully saturated rings. The molecule has 5 heteroatoms. The van der Waals surface area contributed by atoms with Gasteiger partial charge in [-0.2, -0.15) is 0 Å². The Morgan fingerprint density at radius 2 is 2.21 bits per heavy atom. The van der Waals surface area contributed by atoms with Crippen molar-refractivity contribution >= 4 is 21.6 Å². The fourth-order valence-electron chi connectivity index (χ4n) is 1.89. The van der Waals surface area contributed by atoms with E-state index in [4.69, 9.17) is 10.5 Å². The summed E-state index contributed by atoms with van der Waals surface area (Å²) in [5, 5.41) is 10.9. The summed E-state index contributed by atoms with van der Waals surface area (Å²) in [4.78, 5) is 4.45. The molecule has 0 aliphatic carbocycles. The molecule has 1 heterocycles. The maximum absolute atomic E-state index is 10.4. The lowest BCUT2D eigenvalue weighted by Crippen LogP contribution is -2.36. The zero-order chi connectivity index (χ0) is 14.0. The maximum atomic E-state index is 10.4. The Bertz CT molecular complexity index is 564. The number of benzene rings is 1. The molecular formula is C14H20N2O2S. The van der Waals surface area contributed by atoms with Gasteiger partial charge in [-0.25, -0.2) is 4.98 Å². The van der Waals surface area contributed by atoms with E-state index in [9.17, 15) is 5.11 Å². The number of ether oxygens (including phenoxy) is 1. The Morgan fingerprint density at radius 1 is 1.47 bits per heavy atom. The van der Waals surface area contributed by atoms with Crippen LogP contribution in [0.25, 0.3) is 10.2 Å². The van der Waals surface area contributed by atoms with Gasteiger partial charge in [0.05, 0.1) is 11.8 Å². The van der Waals surface area contributed by atoms with Crippen LogP contribution in [-0.2, 0) is 5.72 Å². The summed E-state index contributed by atoms with van der Waals surface area (Å²) >= 11 is 1.42. The Kier molecular flexibility index (Phi) is 4.08. The van der Waals surface area contributed by atoms with Crippen molar-refractivity contribution in [3.05, 3.63) is 23.2 Å². The Morgan fingerprint density at radius 3 is 2.84 bits per heavy atom. The largest absolute Gasteiger partial charge is 0.494 e. The number of hydrogen-bond acceptors (Lipinski definition) is 5. The van der Waals surface area contributed by atoms with Crippen LogP contribution < -0.4 is 10.5 Å². The number of nitrogens with two attached hydrogens (primary N) is 1. The molecule has 0 bridgehead atoms. The molecule has 0 saturated carbocycles. The Hall–Kier alpha value is -1.17. The molecule has 4 nitrogen and oxygen atoms in total. The summed E-state index contributed by atoms with van der Waals surface area (Å²) in [7, 11) is 1.61. The predicted molar refractivity (Wildman–Crippen MR) is 78.3 cm³/mol. The third-order valence-electron chi connectivity index (χ3n) is 3.08. The molecule has 0 aliphatic heterocycles. The minimum Gasteiger partial charge on any atom is -0.494 e. The van der Waals surface area contributed by atoms with Gasteiger partial charge >= 0.3 is 0 Å². The van der Waals surface area contributed by atoms with E-state index >= 15 is 0 Å². The average Bonchev–Trinajstić information content (AvgIpc) is 2.81. The van der Waals surface area contributed by atoms with Gasteiger partial charge in [0, 0.05) is 0 Å². The first-order valence-corrected chi connectivity index (χ1v) is 7.21. The van der Waals surface area contributed by atoms with Crippen LogP contribution in [0.4, 0.5) is 0 Å². The van der Waals surface area contributed by atoms with Gasteiger partial charge in [0.1, 0.15) is 16.3 Å². The lowest BCUT2D eigenvalue weighted by Gasteiger charge is -2.21. The van der Waals surface area contributed by atoms with Crippen molar-refractivity contribution in [2.45, 2.75) is 32.4 Å². The molecular weight excluding hydrogens is 260 g/mol. The SMILES string of the molecule is COc1cccc2sc(C(N)(O)CCC(C)C)nc12. The molecule has 3 N–H and O–H groups in total. The van der Waals surface area contributed by atoms with Gasteiger partial charge < -0.3 is 9.84 Å². The molecule has 1 unspecified atom stereocenters. The fourth-order valence-corrected chi connectivity index (χ4v) is 2.90. The van der Waals surface area contributed by atoms with Gasteiger partial charge in [0.2, 0.25) is 0 Å². The smallest absolute Gasteiger partial charge is 0.166 e. The zero-order valence-corrected chi connectivity index (χ0v) is 12.3. The van der Waals surface area contributed by atoms with E-state index in [1.807, 2.05) is 18.2 Å². The van der Waals surface area contributed by atoms with Crippen molar-refractivity contribution in [1.29, 1.82) is 0 Å². The number of methoxy groups -OCH3 is 1. The maximum Gasteiger partial charge on any atom is 0.166 e. The second-order valence-electron chi connectivity index (χ2n) is 5.18. The van der Waals surface area contributed by atoms with E-state index in [-0.39, 0.29) is 0 Å². The lowest BCUT2D eigenvalue weighted by molar-refractivity contribution is 0.0287. The monoisotopic (exact) mass is 280 g/mol. The molecule has 104 valence electrons. The highest BCUT2D eigenvalue weighted by Crippen LogP contribution is 2.34. The molecule has 1 aromatic heterocycles. The van der Waals surface area contributed by atoms with E-state index in [0.29, 0.717) is 23.1 Å². The second-order valence-corrected chi connectivity index (χ2v) is 6.21. The van der Waals surface area contributed by atoms with Crippen LogP contribution in [0.2, 0.25) is 0 Å². The van der Waals surface area contributed by atoms with Crippen LogP contribution in [0.3, 0.4) is 0 Å². The van der Waals surface area contributed by atoms with Crippen molar-refractivity contribution in [2.24, 2.45) is 11.7 Å². The average molecular weight is 280 g/mol. The topological polar surface area (TPSA) is 68.4 Å². The number of nitrogens with zero attached hydrogens (tertiary/aromatic N) is 1. The molecule has 2 aromatic rings. The van der Waals surface area contributed by atoms with Gasteiger partial charge in [-0.15, -0.1) is 11.3 Å². The van der Waals surface area contributed by atoms with E-state index in [1.54, 1.807) is 7.11 Å². The van der Waals surface area contributed by atoms with Gasteiger partial charge in [0.15, 0.2) is 5.72 Å². The predicted octanol–water partition coefficient (Wildman–Crippen LogP) is 2.84. The van der Waals surface area contributed by atoms with E-state index in [0.717, 1.165) is 16.6 Å². The Balaban J connectivity index is 2.34. The van der Waals surface area contributed by atoms with Crippen LogP contribution in [-0.4, -0.2) is 17.2 Å². The highest BCUT2D eigenvalue weighted by Gasteiger charge is 2.28. The van der Waals surface area contributed by atoms with Crippen molar-refractivity contribution in [3.63, 3.8) is 0 Å². The zero-order valence-electron chi connectivity index (χ0n) is 11.5. The summed E-state index contributed by atoms with van der Waals surface area (Å²) in [5.41, 5.74) is 5.40. The highest BCUT2D eigenvalue weighted by atomic mass is 32.1. The minimum absolute atomic E-state index is 0.499. The summed E-state index contributed by atoms with van der Waals surface area (Å²) in [6, 6.07) is 5.72. The number of rotatable bonds is 5. The van der Waals surface area contributed by atoms with Crippen molar-refractivity contribution < 1.29 is 9.84 Å². The van der Waals surface area contributed by atoms with Crippen LogP contribution in [0.15, 0.2) is 18.2 Å². The first kappa shape index (κ1) is 14.2. The molecule has 0 amide bonds. The van der Waals surface area contributed by atoms with Crippen LogP contribution in [0.5, 0.6) is 5.75 Å². The van der Waals surface area contributed by atoms with Gasteiger partial charge in [-0.1, -0.05) is 19.9 Å². The van der Waals surface area contributed by atoms with Crippen molar-refractivity contribution in [3.8, 4) is 5.75 Å². The first-order valence-electron chi connectivity index (χ1n) is 6.39. The van der Waals surface area contributed by atoms with E-state index in [1.165, 1.54) is 11.3 Å². The third-order valence-corrected chi connectivity index (χ3v) is 4.26. The normalized spacial score (nSPS) is 14.8. The molecule has 0 aliphatic rings. The number of thiazole rings is 1. The number of para-hydroxylation sites is 1.